The molecule has 2 nitrogen and oxygen atoms in total. The van der Waals surface area contributed by atoms with Crippen molar-refractivity contribution in [2.45, 2.75) is 45.2 Å². The third-order valence-electron chi connectivity index (χ3n) is 3.31. The molecule has 0 amide bonds. The second kappa shape index (κ2) is 3.35. The van der Waals surface area contributed by atoms with E-state index in [4.69, 9.17) is 5.73 Å². The van der Waals surface area contributed by atoms with Crippen molar-refractivity contribution in [1.82, 2.24) is 4.90 Å². The molecule has 0 aliphatic heterocycles. The van der Waals surface area contributed by atoms with Crippen LogP contribution >= 0.6 is 0 Å². The lowest BCUT2D eigenvalue weighted by molar-refractivity contribution is 0.111. The third kappa shape index (κ3) is 1.99. The van der Waals surface area contributed by atoms with E-state index < -0.39 is 0 Å². The minimum atomic E-state index is 0.327. The quantitative estimate of drug-likeness (QED) is 0.645. The summed E-state index contributed by atoms with van der Waals surface area (Å²) >= 11 is 0. The van der Waals surface area contributed by atoms with Gasteiger partial charge in [0.25, 0.3) is 0 Å². The molecule has 1 aliphatic rings. The predicted molar refractivity (Wildman–Crippen MR) is 53.1 cm³/mol. The van der Waals surface area contributed by atoms with Gasteiger partial charge in [-0.3, -0.25) is 0 Å². The zero-order valence-electron chi connectivity index (χ0n) is 8.80. The molecule has 0 radical (unpaired) electrons. The van der Waals surface area contributed by atoms with Gasteiger partial charge in [-0.2, -0.15) is 0 Å². The summed E-state index contributed by atoms with van der Waals surface area (Å²) in [5.74, 6) is 0. The van der Waals surface area contributed by atoms with Gasteiger partial charge in [0, 0.05) is 12.1 Å². The van der Waals surface area contributed by atoms with Crippen LogP contribution in [0.5, 0.6) is 0 Å². The zero-order valence-corrected chi connectivity index (χ0v) is 8.80. The Labute approximate surface area is 76.1 Å². The third-order valence-corrected chi connectivity index (χ3v) is 3.31. The fourth-order valence-corrected chi connectivity index (χ4v) is 2.06. The van der Waals surface area contributed by atoms with Gasteiger partial charge in [-0.15, -0.1) is 0 Å². The maximum atomic E-state index is 6.06. The first-order chi connectivity index (χ1) is 5.43. The van der Waals surface area contributed by atoms with E-state index in [2.05, 4.69) is 32.8 Å². The van der Waals surface area contributed by atoms with Gasteiger partial charge in [0.2, 0.25) is 0 Å². The van der Waals surface area contributed by atoms with Crippen LogP contribution in [0.1, 0.15) is 33.1 Å². The van der Waals surface area contributed by atoms with Crippen LogP contribution in [0.3, 0.4) is 0 Å². The van der Waals surface area contributed by atoms with Gasteiger partial charge >= 0.3 is 0 Å². The van der Waals surface area contributed by atoms with E-state index in [0.717, 1.165) is 6.04 Å². The highest BCUT2D eigenvalue weighted by Crippen LogP contribution is 2.35. The molecular formula is C10H22N2. The van der Waals surface area contributed by atoms with Gasteiger partial charge in [0.1, 0.15) is 0 Å². The summed E-state index contributed by atoms with van der Waals surface area (Å²) in [5, 5.41) is 0. The topological polar surface area (TPSA) is 29.3 Å². The first-order valence-electron chi connectivity index (χ1n) is 4.85. The Hall–Kier alpha value is -0.0800. The molecule has 0 heterocycles. The maximum Gasteiger partial charge on any atom is 0.00954 e. The number of rotatable bonds is 1. The van der Waals surface area contributed by atoms with E-state index >= 15 is 0 Å². The fraction of sp³-hybridized carbons (Fsp3) is 1.00. The Bertz CT molecular complexity index is 152. The highest BCUT2D eigenvalue weighted by atomic mass is 15.1. The molecule has 0 saturated heterocycles. The Morgan fingerprint density at radius 2 is 1.83 bits per heavy atom. The summed E-state index contributed by atoms with van der Waals surface area (Å²) in [6, 6.07) is 1.13. The molecule has 1 saturated carbocycles. The van der Waals surface area contributed by atoms with Crippen molar-refractivity contribution >= 4 is 0 Å². The number of hydrogen-bond donors (Lipinski definition) is 1. The van der Waals surface area contributed by atoms with Crippen molar-refractivity contribution in [3.63, 3.8) is 0 Å². The summed E-state index contributed by atoms with van der Waals surface area (Å²) in [7, 11) is 4.33. The first kappa shape index (κ1) is 10.0. The van der Waals surface area contributed by atoms with Crippen LogP contribution < -0.4 is 5.73 Å². The first-order valence-corrected chi connectivity index (χ1v) is 4.85. The lowest BCUT2D eigenvalue weighted by Crippen LogP contribution is -2.47. The lowest BCUT2D eigenvalue weighted by atomic mass is 9.71. The monoisotopic (exact) mass is 170 g/mol. The second-order valence-corrected chi connectivity index (χ2v) is 4.99. The van der Waals surface area contributed by atoms with Gasteiger partial charge in [-0.25, -0.2) is 0 Å². The Morgan fingerprint density at radius 1 is 1.25 bits per heavy atom. The molecule has 2 heteroatoms. The van der Waals surface area contributed by atoms with E-state index in [1.54, 1.807) is 0 Å². The Morgan fingerprint density at radius 3 is 2.25 bits per heavy atom. The maximum absolute atomic E-state index is 6.06. The molecule has 0 aromatic rings. The van der Waals surface area contributed by atoms with Crippen molar-refractivity contribution in [2.75, 3.05) is 14.1 Å². The summed E-state index contributed by atoms with van der Waals surface area (Å²) in [6.45, 7) is 4.57. The predicted octanol–water partition coefficient (Wildman–Crippen LogP) is 1.45. The SMILES string of the molecule is CN(C)[C@@H]1CC[C@@H](N)C(C)(C)C1. The molecule has 0 aromatic heterocycles. The fourth-order valence-electron chi connectivity index (χ4n) is 2.06. The summed E-state index contributed by atoms with van der Waals surface area (Å²) in [4.78, 5) is 2.33. The van der Waals surface area contributed by atoms with Crippen molar-refractivity contribution in [2.24, 2.45) is 11.1 Å². The Kier molecular flexibility index (Phi) is 2.79. The summed E-state index contributed by atoms with van der Waals surface area (Å²) in [6.07, 6.45) is 3.68. The molecule has 0 spiro atoms. The number of hydrogen-bond acceptors (Lipinski definition) is 2. The molecule has 1 rings (SSSR count). The number of nitrogens with two attached hydrogens (primary N) is 1. The van der Waals surface area contributed by atoms with Crippen LogP contribution in [0.4, 0.5) is 0 Å². The lowest BCUT2D eigenvalue weighted by Gasteiger charge is -2.42. The Balaban J connectivity index is 2.57. The van der Waals surface area contributed by atoms with Crippen LogP contribution in [0.25, 0.3) is 0 Å². The van der Waals surface area contributed by atoms with Crippen LogP contribution in [0.15, 0.2) is 0 Å². The number of nitrogens with zero attached hydrogens (tertiary/aromatic N) is 1. The van der Waals surface area contributed by atoms with Gasteiger partial charge in [-0.1, -0.05) is 13.8 Å². The molecule has 0 bridgehead atoms. The van der Waals surface area contributed by atoms with Crippen molar-refractivity contribution in [1.29, 1.82) is 0 Å². The van der Waals surface area contributed by atoms with Crippen molar-refractivity contribution in [3.8, 4) is 0 Å². The molecular weight excluding hydrogens is 148 g/mol. The normalized spacial score (nSPS) is 35.5. The van der Waals surface area contributed by atoms with Crippen LogP contribution in [0, 0.1) is 5.41 Å². The highest BCUT2D eigenvalue weighted by Gasteiger charge is 2.34. The van der Waals surface area contributed by atoms with Gasteiger partial charge in [-0.05, 0) is 38.8 Å². The summed E-state index contributed by atoms with van der Waals surface area (Å²) < 4.78 is 0. The molecule has 2 atom stereocenters. The van der Waals surface area contributed by atoms with E-state index in [9.17, 15) is 0 Å². The van der Waals surface area contributed by atoms with E-state index in [1.165, 1.54) is 19.3 Å². The standard InChI is InChI=1S/C10H22N2/c1-10(2)7-8(12(3)4)5-6-9(10)11/h8-9H,5-7,11H2,1-4H3/t8-,9-/m1/s1. The molecule has 2 N–H and O–H groups in total. The van der Waals surface area contributed by atoms with E-state index in [1.807, 2.05) is 0 Å². The molecule has 0 unspecified atom stereocenters. The smallest absolute Gasteiger partial charge is 0.00954 e. The largest absolute Gasteiger partial charge is 0.327 e. The average molecular weight is 170 g/mol. The summed E-state index contributed by atoms with van der Waals surface area (Å²) in [5.41, 5.74) is 6.38. The molecule has 1 fully saturated rings. The van der Waals surface area contributed by atoms with Gasteiger partial charge in [0.15, 0.2) is 0 Å². The molecule has 72 valence electrons. The minimum absolute atomic E-state index is 0.327. The highest BCUT2D eigenvalue weighted by molar-refractivity contribution is 4.91. The second-order valence-electron chi connectivity index (χ2n) is 4.99. The molecule has 0 aromatic carbocycles. The minimum Gasteiger partial charge on any atom is -0.327 e. The average Bonchev–Trinajstić information content (AvgIpc) is 1.94. The van der Waals surface area contributed by atoms with Crippen molar-refractivity contribution in [3.05, 3.63) is 0 Å². The molecule has 1 aliphatic carbocycles. The zero-order chi connectivity index (χ0) is 9.35. The van der Waals surface area contributed by atoms with Gasteiger partial charge in [0.05, 0.1) is 0 Å². The van der Waals surface area contributed by atoms with Gasteiger partial charge < -0.3 is 10.6 Å². The van der Waals surface area contributed by atoms with Crippen molar-refractivity contribution < 1.29 is 0 Å². The van der Waals surface area contributed by atoms with E-state index in [-0.39, 0.29) is 0 Å². The van der Waals surface area contributed by atoms with E-state index in [0.29, 0.717) is 11.5 Å². The molecule has 12 heavy (non-hydrogen) atoms. The van der Waals surface area contributed by atoms with Crippen LogP contribution in [-0.4, -0.2) is 31.1 Å². The van der Waals surface area contributed by atoms with Crippen LogP contribution in [-0.2, 0) is 0 Å². The van der Waals surface area contributed by atoms with Crippen LogP contribution in [0.2, 0.25) is 0 Å².